The van der Waals surface area contributed by atoms with Crippen LogP contribution in [0.4, 0.5) is 0 Å². The van der Waals surface area contributed by atoms with Crippen LogP contribution in [-0.4, -0.2) is 26.2 Å². The van der Waals surface area contributed by atoms with Gasteiger partial charge in [-0.15, -0.1) is 11.3 Å². The maximum absolute atomic E-state index is 12.3. The fraction of sp³-hybridized carbons (Fsp3) is 0.667. The maximum atomic E-state index is 12.3. The molecule has 0 bridgehead atoms. The van der Waals surface area contributed by atoms with Gasteiger partial charge in [0, 0.05) is 12.6 Å². The third kappa shape index (κ3) is 4.53. The maximum Gasteiger partial charge on any atom is 0.250 e. The van der Waals surface area contributed by atoms with E-state index >= 15 is 0 Å². The first-order valence-electron chi connectivity index (χ1n) is 5.97. The molecule has 1 aromatic heterocycles. The summed E-state index contributed by atoms with van der Waals surface area (Å²) in [5.74, 6) is 0. The molecule has 110 valence electrons. The average Bonchev–Trinajstić information content (AvgIpc) is 2.58. The number of hydrogen-bond acceptors (Lipinski definition) is 4. The highest BCUT2D eigenvalue weighted by Crippen LogP contribution is 2.31. The number of aryl methyl sites for hydroxylation is 1. The molecule has 0 saturated heterocycles. The molecule has 0 radical (unpaired) electrons. The number of rotatable bonds is 5. The van der Waals surface area contributed by atoms with Gasteiger partial charge in [0.15, 0.2) is 0 Å². The van der Waals surface area contributed by atoms with Gasteiger partial charge in [-0.25, -0.2) is 13.1 Å². The molecule has 1 atom stereocenters. The largest absolute Gasteiger partial charge is 0.396 e. The van der Waals surface area contributed by atoms with Crippen molar-refractivity contribution in [1.82, 2.24) is 4.72 Å². The molecule has 0 amide bonds. The molecule has 4 nitrogen and oxygen atoms in total. The number of sulfonamides is 1. The van der Waals surface area contributed by atoms with Crippen LogP contribution in [-0.2, 0) is 10.0 Å². The summed E-state index contributed by atoms with van der Waals surface area (Å²) in [4.78, 5) is 0. The Hall–Kier alpha value is 0.0500. The third-order valence-electron chi connectivity index (χ3n) is 2.86. The number of hydrogen-bond donors (Lipinski definition) is 2. The molecule has 0 aliphatic carbocycles. The SMILES string of the molecule is Cc1cc(S(=O)(=O)NC(CCO)C(C)(C)C)sc1Br. The molecule has 1 unspecified atom stereocenters. The molecule has 1 aromatic rings. The predicted octanol–water partition coefficient (Wildman–Crippen LogP) is 2.89. The van der Waals surface area contributed by atoms with Crippen molar-refractivity contribution in [1.29, 1.82) is 0 Å². The van der Waals surface area contributed by atoms with Gasteiger partial charge in [0.1, 0.15) is 4.21 Å². The van der Waals surface area contributed by atoms with Crippen LogP contribution >= 0.6 is 27.3 Å². The normalized spacial score (nSPS) is 14.6. The van der Waals surface area contributed by atoms with Gasteiger partial charge in [-0.05, 0) is 46.3 Å². The number of halogens is 1. The van der Waals surface area contributed by atoms with Gasteiger partial charge in [-0.1, -0.05) is 20.8 Å². The number of aliphatic hydroxyl groups is 1. The second-order valence-corrected chi connectivity index (χ2v) is 9.89. The Morgan fingerprint density at radius 1 is 1.47 bits per heavy atom. The summed E-state index contributed by atoms with van der Waals surface area (Å²) in [7, 11) is -3.54. The first-order chi connectivity index (χ1) is 8.58. The lowest BCUT2D eigenvalue weighted by Crippen LogP contribution is -2.44. The quantitative estimate of drug-likeness (QED) is 0.838. The summed E-state index contributed by atoms with van der Waals surface area (Å²) in [6.45, 7) is 7.66. The summed E-state index contributed by atoms with van der Waals surface area (Å²) >= 11 is 4.53. The topological polar surface area (TPSA) is 66.4 Å². The van der Waals surface area contributed by atoms with Crippen molar-refractivity contribution in [2.24, 2.45) is 5.41 Å². The predicted molar refractivity (Wildman–Crippen MR) is 82.0 cm³/mol. The molecule has 2 N–H and O–H groups in total. The van der Waals surface area contributed by atoms with Crippen LogP contribution in [0.1, 0.15) is 32.8 Å². The van der Waals surface area contributed by atoms with Crippen molar-refractivity contribution in [3.8, 4) is 0 Å². The highest BCUT2D eigenvalue weighted by molar-refractivity contribution is 9.11. The van der Waals surface area contributed by atoms with E-state index in [2.05, 4.69) is 20.7 Å². The van der Waals surface area contributed by atoms with E-state index in [1.54, 1.807) is 6.07 Å². The molecule has 19 heavy (non-hydrogen) atoms. The van der Waals surface area contributed by atoms with Gasteiger partial charge in [0.05, 0.1) is 3.79 Å². The van der Waals surface area contributed by atoms with Gasteiger partial charge >= 0.3 is 0 Å². The Morgan fingerprint density at radius 2 is 2.05 bits per heavy atom. The Labute approximate surface area is 127 Å². The smallest absolute Gasteiger partial charge is 0.250 e. The number of thiophene rings is 1. The van der Waals surface area contributed by atoms with E-state index in [1.807, 2.05) is 27.7 Å². The van der Waals surface area contributed by atoms with Crippen LogP contribution in [0.3, 0.4) is 0 Å². The van der Waals surface area contributed by atoms with Crippen molar-refractivity contribution in [3.63, 3.8) is 0 Å². The Kier molecular flexibility index (Phi) is 5.60. The number of aliphatic hydroxyl groups excluding tert-OH is 1. The van der Waals surface area contributed by atoms with E-state index in [-0.39, 0.29) is 18.1 Å². The van der Waals surface area contributed by atoms with Crippen LogP contribution in [0.2, 0.25) is 0 Å². The Balaban J connectivity index is 3.00. The third-order valence-corrected chi connectivity index (χ3v) is 6.94. The first kappa shape index (κ1) is 17.1. The minimum atomic E-state index is -3.54. The molecule has 0 aliphatic rings. The van der Waals surface area contributed by atoms with E-state index in [1.165, 1.54) is 11.3 Å². The van der Waals surface area contributed by atoms with Gasteiger partial charge < -0.3 is 5.11 Å². The summed E-state index contributed by atoms with van der Waals surface area (Å²) in [6.07, 6.45) is 0.397. The van der Waals surface area contributed by atoms with Crippen molar-refractivity contribution >= 4 is 37.3 Å². The first-order valence-corrected chi connectivity index (χ1v) is 9.06. The minimum absolute atomic E-state index is 0.0440. The highest BCUT2D eigenvalue weighted by Gasteiger charge is 2.30. The zero-order valence-corrected chi connectivity index (χ0v) is 14.7. The van der Waals surface area contributed by atoms with E-state index in [0.717, 1.165) is 9.35 Å². The molecular weight excluding hydrogens is 350 g/mol. The molecule has 0 aliphatic heterocycles. The van der Waals surface area contributed by atoms with Gasteiger partial charge in [0.25, 0.3) is 0 Å². The zero-order valence-electron chi connectivity index (χ0n) is 11.5. The fourth-order valence-electron chi connectivity index (χ4n) is 1.61. The van der Waals surface area contributed by atoms with Crippen LogP contribution < -0.4 is 4.72 Å². The molecule has 0 aromatic carbocycles. The zero-order chi connectivity index (χ0) is 14.8. The van der Waals surface area contributed by atoms with Gasteiger partial charge in [-0.3, -0.25) is 0 Å². The second kappa shape index (κ2) is 6.22. The Morgan fingerprint density at radius 3 is 2.42 bits per heavy atom. The molecule has 0 spiro atoms. The van der Waals surface area contributed by atoms with Crippen molar-refractivity contribution in [3.05, 3.63) is 15.4 Å². The summed E-state index contributed by atoms with van der Waals surface area (Å²) in [5.41, 5.74) is 0.652. The molecule has 7 heteroatoms. The molecule has 0 fully saturated rings. The number of nitrogens with one attached hydrogen (secondary N) is 1. The minimum Gasteiger partial charge on any atom is -0.396 e. The summed E-state index contributed by atoms with van der Waals surface area (Å²) in [5, 5.41) is 9.08. The molecule has 1 rings (SSSR count). The summed E-state index contributed by atoms with van der Waals surface area (Å²) in [6, 6.07) is 1.35. The van der Waals surface area contributed by atoms with Crippen molar-refractivity contribution < 1.29 is 13.5 Å². The standard InChI is InChI=1S/C12H20BrNO3S2/c1-8-7-10(18-11(8)13)19(16,17)14-9(5-6-15)12(2,3)4/h7,9,14-15H,5-6H2,1-4H3. The Bertz CT molecular complexity index is 512. The average molecular weight is 370 g/mol. The van der Waals surface area contributed by atoms with Crippen molar-refractivity contribution in [2.75, 3.05) is 6.61 Å². The van der Waals surface area contributed by atoms with Crippen LogP contribution in [0, 0.1) is 12.3 Å². The molecular formula is C12H20BrNO3S2. The monoisotopic (exact) mass is 369 g/mol. The van der Waals surface area contributed by atoms with E-state index in [9.17, 15) is 8.42 Å². The lowest BCUT2D eigenvalue weighted by molar-refractivity contribution is 0.214. The van der Waals surface area contributed by atoms with Gasteiger partial charge in [0.2, 0.25) is 10.0 Å². The van der Waals surface area contributed by atoms with E-state index < -0.39 is 10.0 Å². The van der Waals surface area contributed by atoms with E-state index in [4.69, 9.17) is 5.11 Å². The molecule has 1 heterocycles. The van der Waals surface area contributed by atoms with E-state index in [0.29, 0.717) is 10.6 Å². The van der Waals surface area contributed by atoms with Crippen LogP contribution in [0.25, 0.3) is 0 Å². The molecule has 0 saturated carbocycles. The van der Waals surface area contributed by atoms with Gasteiger partial charge in [-0.2, -0.15) is 0 Å². The lowest BCUT2D eigenvalue weighted by Gasteiger charge is -2.30. The highest BCUT2D eigenvalue weighted by atomic mass is 79.9. The summed E-state index contributed by atoms with van der Waals surface area (Å²) < 4.78 is 28.5. The van der Waals surface area contributed by atoms with Crippen LogP contribution in [0.15, 0.2) is 14.1 Å². The lowest BCUT2D eigenvalue weighted by atomic mass is 9.86. The fourth-order valence-corrected chi connectivity index (χ4v) is 5.33. The van der Waals surface area contributed by atoms with Crippen LogP contribution in [0.5, 0.6) is 0 Å². The van der Waals surface area contributed by atoms with Crippen molar-refractivity contribution in [2.45, 2.75) is 44.4 Å². The second-order valence-electron chi connectivity index (χ2n) is 5.57.